The molecule has 0 aromatic heterocycles. The Hall–Kier alpha value is -1.55. The second-order valence-corrected chi connectivity index (χ2v) is 6.40. The van der Waals surface area contributed by atoms with E-state index in [0.29, 0.717) is 23.3 Å². The summed E-state index contributed by atoms with van der Waals surface area (Å²) in [6.07, 6.45) is 4.88. The van der Waals surface area contributed by atoms with Gasteiger partial charge < -0.3 is 14.4 Å². The lowest BCUT2D eigenvalue weighted by Crippen LogP contribution is -2.46. The van der Waals surface area contributed by atoms with Gasteiger partial charge in [-0.25, -0.2) is 0 Å². The number of ether oxygens (including phenoxy) is 2. The summed E-state index contributed by atoms with van der Waals surface area (Å²) in [6, 6.07) is 5.84. The number of aldehydes is 1. The van der Waals surface area contributed by atoms with Gasteiger partial charge in [0.25, 0.3) is 0 Å². The van der Waals surface area contributed by atoms with Crippen molar-refractivity contribution in [1.82, 2.24) is 4.90 Å². The number of benzene rings is 1. The first-order valence-corrected chi connectivity index (χ1v) is 7.60. The molecule has 0 spiro atoms. The molecule has 0 aliphatic heterocycles. The molecular formula is C17H23NO3. The molecule has 0 saturated heterocycles. The third-order valence-corrected chi connectivity index (χ3v) is 4.98. The monoisotopic (exact) mass is 289 g/mol. The van der Waals surface area contributed by atoms with Crippen LogP contribution < -0.4 is 9.47 Å². The van der Waals surface area contributed by atoms with E-state index in [1.807, 2.05) is 6.07 Å². The fraction of sp³-hybridized carbons (Fsp3) is 0.588. The molecule has 21 heavy (non-hydrogen) atoms. The summed E-state index contributed by atoms with van der Waals surface area (Å²) < 4.78 is 11.7. The Morgan fingerprint density at radius 1 is 1.19 bits per heavy atom. The molecule has 1 aromatic rings. The number of carbonyl (C=O) groups is 1. The van der Waals surface area contributed by atoms with Crippen LogP contribution in [0.15, 0.2) is 18.2 Å². The summed E-state index contributed by atoms with van der Waals surface area (Å²) in [4.78, 5) is 13.2. The van der Waals surface area contributed by atoms with E-state index in [2.05, 4.69) is 19.0 Å². The van der Waals surface area contributed by atoms with Gasteiger partial charge >= 0.3 is 0 Å². The van der Waals surface area contributed by atoms with Gasteiger partial charge in [-0.3, -0.25) is 4.79 Å². The summed E-state index contributed by atoms with van der Waals surface area (Å²) in [5.74, 6) is 2.76. The fourth-order valence-electron chi connectivity index (χ4n) is 4.09. The Bertz CT molecular complexity index is 529. The molecule has 4 atom stereocenters. The lowest BCUT2D eigenvalue weighted by atomic mass is 9.91. The van der Waals surface area contributed by atoms with E-state index in [9.17, 15) is 4.79 Å². The number of nitrogens with zero attached hydrogens (tertiary/aromatic N) is 1. The number of methoxy groups -OCH3 is 1. The Morgan fingerprint density at radius 2 is 1.95 bits per heavy atom. The zero-order chi connectivity index (χ0) is 15.0. The quantitative estimate of drug-likeness (QED) is 0.781. The van der Waals surface area contributed by atoms with Gasteiger partial charge in [-0.1, -0.05) is 0 Å². The van der Waals surface area contributed by atoms with Crippen molar-refractivity contribution in [1.29, 1.82) is 0 Å². The number of fused-ring (bicyclic) bond motifs is 2. The minimum Gasteiger partial charge on any atom is -0.493 e. The van der Waals surface area contributed by atoms with E-state index < -0.39 is 0 Å². The maximum absolute atomic E-state index is 10.9. The standard InChI is InChI=1S/C17H23NO3/c1-18(2)16-12-5-6-13(9-12)17(16)21-14-7-4-11(10-19)8-15(14)20-3/h4,7-8,10,12-13,16-17H,5-6,9H2,1-3H3. The Balaban J connectivity index is 1.84. The first-order chi connectivity index (χ1) is 10.1. The maximum atomic E-state index is 10.9. The third kappa shape index (κ3) is 2.53. The SMILES string of the molecule is COc1cc(C=O)ccc1OC1C2CCC(C2)C1N(C)C. The zero-order valence-corrected chi connectivity index (χ0v) is 12.9. The molecule has 2 saturated carbocycles. The largest absolute Gasteiger partial charge is 0.493 e. The van der Waals surface area contributed by atoms with Crippen LogP contribution in [0.3, 0.4) is 0 Å². The van der Waals surface area contributed by atoms with Crippen molar-refractivity contribution < 1.29 is 14.3 Å². The van der Waals surface area contributed by atoms with Crippen LogP contribution in [0, 0.1) is 11.8 Å². The maximum Gasteiger partial charge on any atom is 0.161 e. The molecule has 0 N–H and O–H groups in total. The van der Waals surface area contributed by atoms with Crippen molar-refractivity contribution in [3.8, 4) is 11.5 Å². The molecule has 0 amide bonds. The highest BCUT2D eigenvalue weighted by atomic mass is 16.5. The van der Waals surface area contributed by atoms with Gasteiger partial charge in [-0.2, -0.15) is 0 Å². The van der Waals surface area contributed by atoms with Crippen molar-refractivity contribution in [2.24, 2.45) is 11.8 Å². The minimum absolute atomic E-state index is 0.217. The molecule has 2 bridgehead atoms. The van der Waals surface area contributed by atoms with Crippen molar-refractivity contribution in [2.75, 3.05) is 21.2 Å². The van der Waals surface area contributed by atoms with Crippen LogP contribution in [0.4, 0.5) is 0 Å². The summed E-state index contributed by atoms with van der Waals surface area (Å²) in [6.45, 7) is 0. The van der Waals surface area contributed by atoms with E-state index >= 15 is 0 Å². The Labute approximate surface area is 126 Å². The summed E-state index contributed by atoms with van der Waals surface area (Å²) in [5.41, 5.74) is 0.608. The second-order valence-electron chi connectivity index (χ2n) is 6.40. The molecule has 0 radical (unpaired) electrons. The first kappa shape index (κ1) is 14.4. The predicted octanol–water partition coefficient (Wildman–Crippen LogP) is 2.62. The molecule has 3 rings (SSSR count). The molecule has 114 valence electrons. The summed E-state index contributed by atoms with van der Waals surface area (Å²) in [5, 5.41) is 0. The smallest absolute Gasteiger partial charge is 0.161 e. The van der Waals surface area contributed by atoms with E-state index in [0.717, 1.165) is 18.0 Å². The van der Waals surface area contributed by atoms with Crippen molar-refractivity contribution >= 4 is 6.29 Å². The second kappa shape index (κ2) is 5.68. The van der Waals surface area contributed by atoms with Gasteiger partial charge in [-0.05, 0) is 63.4 Å². The average Bonchev–Trinajstić information content (AvgIpc) is 3.08. The van der Waals surface area contributed by atoms with Crippen LogP contribution in [0.25, 0.3) is 0 Å². The van der Waals surface area contributed by atoms with Gasteiger partial charge in [0.2, 0.25) is 0 Å². The molecule has 2 aliphatic carbocycles. The highest BCUT2D eigenvalue weighted by Crippen LogP contribution is 2.48. The summed E-state index contributed by atoms with van der Waals surface area (Å²) >= 11 is 0. The molecule has 1 aromatic carbocycles. The average molecular weight is 289 g/mol. The van der Waals surface area contributed by atoms with Crippen molar-refractivity contribution in [2.45, 2.75) is 31.4 Å². The van der Waals surface area contributed by atoms with Gasteiger partial charge in [0, 0.05) is 11.6 Å². The van der Waals surface area contributed by atoms with Gasteiger partial charge in [0.05, 0.1) is 7.11 Å². The lowest BCUT2D eigenvalue weighted by Gasteiger charge is -2.36. The molecule has 2 aliphatic rings. The van der Waals surface area contributed by atoms with Crippen LogP contribution >= 0.6 is 0 Å². The normalized spacial score (nSPS) is 30.7. The van der Waals surface area contributed by atoms with Crippen LogP contribution in [0.1, 0.15) is 29.6 Å². The van der Waals surface area contributed by atoms with Gasteiger partial charge in [-0.15, -0.1) is 0 Å². The highest BCUT2D eigenvalue weighted by molar-refractivity contribution is 5.76. The van der Waals surface area contributed by atoms with E-state index in [1.165, 1.54) is 19.3 Å². The third-order valence-electron chi connectivity index (χ3n) is 4.98. The number of carbonyl (C=O) groups excluding carboxylic acids is 1. The zero-order valence-electron chi connectivity index (χ0n) is 12.9. The van der Waals surface area contributed by atoms with Crippen LogP contribution in [-0.4, -0.2) is 44.5 Å². The molecule has 0 heterocycles. The molecule has 4 nitrogen and oxygen atoms in total. The van der Waals surface area contributed by atoms with Crippen LogP contribution in [-0.2, 0) is 0 Å². The van der Waals surface area contributed by atoms with E-state index in [4.69, 9.17) is 9.47 Å². The lowest BCUT2D eigenvalue weighted by molar-refractivity contribution is 0.0517. The molecule has 2 fully saturated rings. The molecular weight excluding hydrogens is 266 g/mol. The predicted molar refractivity (Wildman–Crippen MR) is 81.1 cm³/mol. The van der Waals surface area contributed by atoms with Crippen LogP contribution in [0.5, 0.6) is 11.5 Å². The highest BCUT2D eigenvalue weighted by Gasteiger charge is 2.50. The fourth-order valence-corrected chi connectivity index (χ4v) is 4.09. The van der Waals surface area contributed by atoms with Gasteiger partial charge in [0.1, 0.15) is 12.4 Å². The van der Waals surface area contributed by atoms with Crippen molar-refractivity contribution in [3.05, 3.63) is 23.8 Å². The minimum atomic E-state index is 0.217. The first-order valence-electron chi connectivity index (χ1n) is 7.60. The van der Waals surface area contributed by atoms with Gasteiger partial charge in [0.15, 0.2) is 11.5 Å². The van der Waals surface area contributed by atoms with Crippen LogP contribution in [0.2, 0.25) is 0 Å². The number of hydrogen-bond donors (Lipinski definition) is 0. The van der Waals surface area contributed by atoms with E-state index in [1.54, 1.807) is 19.2 Å². The Kier molecular flexibility index (Phi) is 3.89. The number of rotatable bonds is 5. The number of likely N-dealkylation sites (N-methyl/N-ethyl adjacent to an activating group) is 1. The van der Waals surface area contributed by atoms with E-state index in [-0.39, 0.29) is 6.10 Å². The number of hydrogen-bond acceptors (Lipinski definition) is 4. The molecule has 4 unspecified atom stereocenters. The Morgan fingerprint density at radius 3 is 2.62 bits per heavy atom. The topological polar surface area (TPSA) is 38.8 Å². The summed E-state index contributed by atoms with van der Waals surface area (Å²) in [7, 11) is 5.88. The molecule has 4 heteroatoms. The van der Waals surface area contributed by atoms with Crippen molar-refractivity contribution in [3.63, 3.8) is 0 Å².